The summed E-state index contributed by atoms with van der Waals surface area (Å²) in [6.07, 6.45) is -1.99. The van der Waals surface area contributed by atoms with Crippen LogP contribution in [0.25, 0.3) is 6.08 Å². The largest absolute Gasteiger partial charge is 0.416 e. The fourth-order valence-electron chi connectivity index (χ4n) is 1.13. The highest BCUT2D eigenvalue weighted by Crippen LogP contribution is 2.29. The Hall–Kier alpha value is -2.31. The van der Waals surface area contributed by atoms with E-state index in [2.05, 4.69) is 0 Å². The van der Waals surface area contributed by atoms with Crippen LogP contribution in [0.3, 0.4) is 0 Å². The first-order chi connectivity index (χ1) is 8.29. The molecule has 0 heterocycles. The number of nitrogens with two attached hydrogens (primary N) is 1. The highest BCUT2D eigenvalue weighted by molar-refractivity contribution is 6.02. The van der Waals surface area contributed by atoms with Crippen LogP contribution in [0, 0.1) is 5.41 Å². The molecule has 18 heavy (non-hydrogen) atoms. The third-order valence-electron chi connectivity index (χ3n) is 1.92. The summed E-state index contributed by atoms with van der Waals surface area (Å²) in [4.78, 5) is 11.1. The molecule has 1 aromatic rings. The second-order valence-electron chi connectivity index (χ2n) is 3.36. The van der Waals surface area contributed by atoms with E-state index in [1.165, 1.54) is 18.2 Å². The third-order valence-corrected chi connectivity index (χ3v) is 1.92. The van der Waals surface area contributed by atoms with Crippen molar-refractivity contribution < 1.29 is 18.0 Å². The van der Waals surface area contributed by atoms with E-state index in [0.717, 1.165) is 18.2 Å². The average molecular weight is 257 g/mol. The highest BCUT2D eigenvalue weighted by Gasteiger charge is 2.29. The van der Waals surface area contributed by atoms with Crippen LogP contribution in [0.1, 0.15) is 11.1 Å². The van der Waals surface area contributed by atoms with Crippen molar-refractivity contribution >= 4 is 17.9 Å². The van der Waals surface area contributed by atoms with E-state index >= 15 is 0 Å². The number of alkyl halides is 3. The molecule has 0 aliphatic heterocycles. The van der Waals surface area contributed by atoms with Gasteiger partial charge in [0.05, 0.1) is 5.56 Å². The van der Waals surface area contributed by atoms with Gasteiger partial charge in [0, 0.05) is 6.08 Å². The molecule has 4 N–H and O–H groups in total. The third kappa shape index (κ3) is 4.28. The van der Waals surface area contributed by atoms with Crippen molar-refractivity contribution in [2.45, 2.75) is 6.18 Å². The van der Waals surface area contributed by atoms with Gasteiger partial charge >= 0.3 is 6.18 Å². The van der Waals surface area contributed by atoms with Crippen LogP contribution in [0.4, 0.5) is 13.2 Å². The van der Waals surface area contributed by atoms with Crippen molar-refractivity contribution in [2.75, 3.05) is 0 Å². The quantitative estimate of drug-likeness (QED) is 0.428. The minimum absolute atomic E-state index is 0.432. The average Bonchev–Trinajstić information content (AvgIpc) is 2.25. The van der Waals surface area contributed by atoms with Gasteiger partial charge in [-0.3, -0.25) is 15.5 Å². The zero-order valence-electron chi connectivity index (χ0n) is 9.08. The number of carbonyl (C=O) groups is 1. The molecule has 0 fully saturated rings. The lowest BCUT2D eigenvalue weighted by molar-refractivity contribution is -0.137. The van der Waals surface area contributed by atoms with E-state index in [0.29, 0.717) is 5.56 Å². The number of amides is 1. The molecule has 96 valence electrons. The Labute approximate surface area is 101 Å². The summed E-state index contributed by atoms with van der Waals surface area (Å²) in [5, 5.41) is 8.80. The lowest BCUT2D eigenvalue weighted by atomic mass is 10.1. The van der Waals surface area contributed by atoms with Gasteiger partial charge in [-0.05, 0) is 23.8 Å². The van der Waals surface area contributed by atoms with E-state index in [1.807, 2.05) is 5.32 Å². The van der Waals surface area contributed by atoms with Gasteiger partial charge in [-0.2, -0.15) is 13.2 Å². The van der Waals surface area contributed by atoms with Crippen LogP contribution in [-0.2, 0) is 11.0 Å². The molecule has 1 rings (SSSR count). The number of carbonyl (C=O) groups excluding carboxylic acids is 1. The molecule has 0 saturated heterocycles. The zero-order valence-corrected chi connectivity index (χ0v) is 9.08. The Morgan fingerprint density at radius 2 is 1.83 bits per heavy atom. The molecular weight excluding hydrogens is 247 g/mol. The fraction of sp³-hybridized carbons (Fsp3) is 0.0909. The number of halogens is 3. The van der Waals surface area contributed by atoms with Crippen LogP contribution in [0.5, 0.6) is 0 Å². The Morgan fingerprint density at radius 1 is 1.28 bits per heavy atom. The standard InChI is InChI=1S/C11H10F3N3O/c12-11(13,14)8-4-1-7(2-5-8)3-6-9(18)17-10(15)16/h1-6H,(H4,15,16,17,18). The van der Waals surface area contributed by atoms with Crippen molar-refractivity contribution in [3.8, 4) is 0 Å². The van der Waals surface area contributed by atoms with E-state index in [1.54, 1.807) is 0 Å². The van der Waals surface area contributed by atoms with Gasteiger partial charge in [0.25, 0.3) is 5.91 Å². The van der Waals surface area contributed by atoms with Crippen molar-refractivity contribution in [1.29, 1.82) is 5.41 Å². The molecule has 0 radical (unpaired) electrons. The van der Waals surface area contributed by atoms with E-state index in [-0.39, 0.29) is 0 Å². The number of hydrogen-bond acceptors (Lipinski definition) is 2. The Balaban J connectivity index is 2.72. The van der Waals surface area contributed by atoms with Crippen molar-refractivity contribution in [2.24, 2.45) is 5.73 Å². The minimum Gasteiger partial charge on any atom is -0.370 e. The molecule has 0 aliphatic carbocycles. The zero-order chi connectivity index (χ0) is 13.8. The maximum atomic E-state index is 12.3. The number of rotatable bonds is 2. The maximum absolute atomic E-state index is 12.3. The Kier molecular flexibility index (Phi) is 4.09. The smallest absolute Gasteiger partial charge is 0.370 e. The Morgan fingerprint density at radius 3 is 2.28 bits per heavy atom. The molecule has 0 aliphatic rings. The molecule has 1 aromatic carbocycles. The maximum Gasteiger partial charge on any atom is 0.416 e. The van der Waals surface area contributed by atoms with Crippen molar-refractivity contribution in [1.82, 2.24) is 5.32 Å². The van der Waals surface area contributed by atoms with Gasteiger partial charge in [-0.1, -0.05) is 12.1 Å². The van der Waals surface area contributed by atoms with Gasteiger partial charge < -0.3 is 5.73 Å². The van der Waals surface area contributed by atoms with Gasteiger partial charge in [-0.15, -0.1) is 0 Å². The van der Waals surface area contributed by atoms with Gasteiger partial charge in [0.2, 0.25) is 0 Å². The van der Waals surface area contributed by atoms with Gasteiger partial charge in [0.15, 0.2) is 5.96 Å². The predicted molar refractivity (Wildman–Crippen MR) is 60.5 cm³/mol. The summed E-state index contributed by atoms with van der Waals surface area (Å²) >= 11 is 0. The summed E-state index contributed by atoms with van der Waals surface area (Å²) in [5.41, 5.74) is 4.60. The molecule has 1 amide bonds. The predicted octanol–water partition coefficient (Wildman–Crippen LogP) is 1.73. The van der Waals surface area contributed by atoms with Crippen LogP contribution in [-0.4, -0.2) is 11.9 Å². The second-order valence-corrected chi connectivity index (χ2v) is 3.36. The molecule has 4 nitrogen and oxygen atoms in total. The first kappa shape index (κ1) is 13.8. The first-order valence-electron chi connectivity index (χ1n) is 4.79. The Bertz CT molecular complexity index is 477. The first-order valence-corrected chi connectivity index (χ1v) is 4.79. The van der Waals surface area contributed by atoms with Crippen molar-refractivity contribution in [3.05, 3.63) is 41.5 Å². The molecule has 0 aromatic heterocycles. The summed E-state index contributed by atoms with van der Waals surface area (Å²) in [6, 6.07) is 4.31. The lowest BCUT2D eigenvalue weighted by Crippen LogP contribution is -2.34. The van der Waals surface area contributed by atoms with Crippen LogP contribution in [0.2, 0.25) is 0 Å². The van der Waals surface area contributed by atoms with E-state index in [4.69, 9.17) is 11.1 Å². The van der Waals surface area contributed by atoms with Gasteiger partial charge in [-0.25, -0.2) is 0 Å². The molecule has 7 heteroatoms. The molecular formula is C11H10F3N3O. The van der Waals surface area contributed by atoms with Crippen LogP contribution < -0.4 is 11.1 Å². The molecule has 0 bridgehead atoms. The molecule has 0 atom stereocenters. The topological polar surface area (TPSA) is 79.0 Å². The SMILES string of the molecule is N=C(N)NC(=O)C=Cc1ccc(C(F)(F)F)cc1. The van der Waals surface area contributed by atoms with Crippen molar-refractivity contribution in [3.63, 3.8) is 0 Å². The second kappa shape index (κ2) is 5.35. The summed E-state index contributed by atoms with van der Waals surface area (Å²) in [7, 11) is 0. The number of guanidine groups is 1. The highest BCUT2D eigenvalue weighted by atomic mass is 19.4. The molecule has 0 unspecified atom stereocenters. The summed E-state index contributed by atoms with van der Waals surface area (Å²) in [6.45, 7) is 0. The number of hydrogen-bond donors (Lipinski definition) is 3. The van der Waals surface area contributed by atoms with E-state index < -0.39 is 23.6 Å². The van der Waals surface area contributed by atoms with Gasteiger partial charge in [0.1, 0.15) is 0 Å². The number of benzene rings is 1. The van der Waals surface area contributed by atoms with Crippen LogP contribution >= 0.6 is 0 Å². The monoisotopic (exact) mass is 257 g/mol. The fourth-order valence-corrected chi connectivity index (χ4v) is 1.13. The number of nitrogens with one attached hydrogen (secondary N) is 2. The molecule has 0 spiro atoms. The summed E-state index contributed by atoms with van der Waals surface area (Å²) < 4.78 is 36.8. The normalized spacial score (nSPS) is 11.5. The molecule has 0 saturated carbocycles. The minimum atomic E-state index is -4.38. The van der Waals surface area contributed by atoms with E-state index in [9.17, 15) is 18.0 Å². The van der Waals surface area contributed by atoms with Crippen LogP contribution in [0.15, 0.2) is 30.3 Å². The lowest BCUT2D eigenvalue weighted by Gasteiger charge is -2.05. The summed E-state index contributed by atoms with van der Waals surface area (Å²) in [5.74, 6) is -1.13.